The minimum atomic E-state index is 0.544. The number of nitrogens with zero attached hydrogens (tertiary/aromatic N) is 2. The van der Waals surface area contributed by atoms with Crippen molar-refractivity contribution in [1.82, 2.24) is 0 Å². The summed E-state index contributed by atoms with van der Waals surface area (Å²) < 4.78 is 0. The Bertz CT molecular complexity index is 249. The van der Waals surface area contributed by atoms with Crippen molar-refractivity contribution in [3.05, 3.63) is 0 Å². The third kappa shape index (κ3) is 2.01. The predicted molar refractivity (Wildman–Crippen MR) is 61.4 cm³/mol. The van der Waals surface area contributed by atoms with E-state index in [1.165, 1.54) is 51.4 Å². The van der Waals surface area contributed by atoms with E-state index in [4.69, 9.17) is 0 Å². The fourth-order valence-electron chi connectivity index (χ4n) is 3.60. The van der Waals surface area contributed by atoms with Gasteiger partial charge in [0.15, 0.2) is 0 Å². The van der Waals surface area contributed by atoms with Gasteiger partial charge in [-0.3, -0.25) is 0 Å². The van der Waals surface area contributed by atoms with Crippen LogP contribution in [-0.4, -0.2) is 18.1 Å². The quantitative estimate of drug-likeness (QED) is 0.578. The highest BCUT2D eigenvalue weighted by molar-refractivity contribution is 5.42. The Morgan fingerprint density at radius 2 is 1.00 bits per heavy atom. The molecule has 0 atom stereocenters. The van der Waals surface area contributed by atoms with Crippen LogP contribution in [0.1, 0.15) is 51.4 Å². The van der Waals surface area contributed by atoms with E-state index in [0.717, 1.165) is 11.8 Å². The highest BCUT2D eigenvalue weighted by Gasteiger charge is 2.31. The summed E-state index contributed by atoms with van der Waals surface area (Å²) in [6.45, 7) is 0. The molecule has 0 aromatic heterocycles. The minimum Gasteiger partial charge on any atom is -0.222 e. The first kappa shape index (κ1) is 9.59. The predicted octanol–water partition coefficient (Wildman–Crippen LogP) is 3.29. The van der Waals surface area contributed by atoms with E-state index in [2.05, 4.69) is 16.0 Å². The first-order valence-corrected chi connectivity index (χ1v) is 6.56. The lowest BCUT2D eigenvalue weighted by molar-refractivity contribution is 0.181. The van der Waals surface area contributed by atoms with Gasteiger partial charge in [-0.1, -0.05) is 0 Å². The van der Waals surface area contributed by atoms with Crippen molar-refractivity contribution >= 4 is 6.01 Å². The van der Waals surface area contributed by atoms with Crippen LogP contribution in [0.4, 0.5) is 0 Å². The molecule has 2 saturated carbocycles. The lowest BCUT2D eigenvalue weighted by Gasteiger charge is -2.35. The summed E-state index contributed by atoms with van der Waals surface area (Å²) in [4.78, 5) is 8.97. The lowest BCUT2D eigenvalue weighted by Crippen LogP contribution is -2.27. The molecule has 0 radical (unpaired) electrons. The maximum Gasteiger partial charge on any atom is 0.0898 e. The molecule has 2 heteroatoms. The van der Waals surface area contributed by atoms with Gasteiger partial charge in [-0.15, -0.1) is 0 Å². The summed E-state index contributed by atoms with van der Waals surface area (Å²) in [7, 11) is 0. The minimum absolute atomic E-state index is 0.544. The van der Waals surface area contributed by atoms with E-state index in [9.17, 15) is 0 Å². The van der Waals surface area contributed by atoms with Crippen molar-refractivity contribution < 1.29 is 0 Å². The van der Waals surface area contributed by atoms with Gasteiger partial charge in [0, 0.05) is 0 Å². The third-order valence-electron chi connectivity index (χ3n) is 4.63. The molecule has 0 unspecified atom stereocenters. The van der Waals surface area contributed by atoms with Crippen LogP contribution in [0.15, 0.2) is 9.98 Å². The third-order valence-corrected chi connectivity index (χ3v) is 4.63. The number of aliphatic imine (C=N–C) groups is 2. The fourth-order valence-corrected chi connectivity index (χ4v) is 3.60. The Labute approximate surface area is 91.9 Å². The second-order valence-corrected chi connectivity index (χ2v) is 5.50. The van der Waals surface area contributed by atoms with Gasteiger partial charge in [0.1, 0.15) is 0 Å². The van der Waals surface area contributed by atoms with E-state index in [1.54, 1.807) is 0 Å². The van der Waals surface area contributed by atoms with Gasteiger partial charge in [-0.25, -0.2) is 9.98 Å². The zero-order valence-electron chi connectivity index (χ0n) is 9.36. The highest BCUT2D eigenvalue weighted by Crippen LogP contribution is 2.39. The van der Waals surface area contributed by atoms with Gasteiger partial charge >= 0.3 is 0 Å². The molecule has 6 rings (SSSR count). The van der Waals surface area contributed by atoms with Crippen LogP contribution in [0, 0.1) is 11.8 Å². The van der Waals surface area contributed by atoms with Crippen LogP contribution in [0.2, 0.25) is 0 Å². The van der Waals surface area contributed by atoms with Gasteiger partial charge in [0.25, 0.3) is 0 Å². The molecule has 0 aromatic rings. The molecule has 2 fully saturated rings. The number of rotatable bonds is 0. The Hall–Kier alpha value is -0.620. The van der Waals surface area contributed by atoms with Gasteiger partial charge in [0.05, 0.1) is 18.1 Å². The molecule has 4 heterocycles. The van der Waals surface area contributed by atoms with E-state index in [-0.39, 0.29) is 0 Å². The summed E-state index contributed by atoms with van der Waals surface area (Å²) in [5.74, 6) is 2.02. The number of hydrogen-bond acceptors (Lipinski definition) is 2. The summed E-state index contributed by atoms with van der Waals surface area (Å²) >= 11 is 0. The molecule has 0 aromatic carbocycles. The molecule has 0 saturated heterocycles. The molecule has 82 valence electrons. The van der Waals surface area contributed by atoms with Crippen molar-refractivity contribution in [2.75, 3.05) is 0 Å². The topological polar surface area (TPSA) is 24.7 Å². The van der Waals surface area contributed by atoms with E-state index >= 15 is 0 Å². The molecule has 0 N–H and O–H groups in total. The van der Waals surface area contributed by atoms with Crippen LogP contribution >= 0.6 is 0 Å². The van der Waals surface area contributed by atoms with Crippen LogP contribution in [-0.2, 0) is 0 Å². The lowest BCUT2D eigenvalue weighted by atomic mass is 9.72. The Kier molecular flexibility index (Phi) is 2.62. The van der Waals surface area contributed by atoms with Crippen molar-refractivity contribution in [3.8, 4) is 0 Å². The van der Waals surface area contributed by atoms with Gasteiger partial charge in [-0.05, 0) is 63.2 Å². The standard InChI is InChI=1S/C13H20N2/c1-5-12-6-2-10(1)11-3-7-13(8-4-11)15-9-14-12/h10-13H,1-8H2. The molecule has 0 amide bonds. The summed E-state index contributed by atoms with van der Waals surface area (Å²) in [6.07, 6.45) is 10.8. The number of hydrogen-bond donors (Lipinski definition) is 0. The molecule has 4 aliphatic heterocycles. The first-order chi connectivity index (χ1) is 7.42. The second kappa shape index (κ2) is 4.09. The van der Waals surface area contributed by atoms with E-state index in [0.29, 0.717) is 12.1 Å². The molecule has 15 heavy (non-hydrogen) atoms. The fraction of sp³-hybridized carbons (Fsp3) is 0.923. The zero-order chi connectivity index (χ0) is 10.1. The largest absolute Gasteiger partial charge is 0.222 e. The molecule has 0 spiro atoms. The monoisotopic (exact) mass is 204 g/mol. The second-order valence-electron chi connectivity index (χ2n) is 5.50. The first-order valence-electron chi connectivity index (χ1n) is 6.56. The summed E-state index contributed by atoms with van der Waals surface area (Å²) in [5.41, 5.74) is 0. The van der Waals surface area contributed by atoms with Crippen LogP contribution in [0.5, 0.6) is 0 Å². The Balaban J connectivity index is 1.84. The maximum atomic E-state index is 4.48. The van der Waals surface area contributed by atoms with Gasteiger partial charge < -0.3 is 0 Å². The maximum absolute atomic E-state index is 4.48. The van der Waals surface area contributed by atoms with Crippen molar-refractivity contribution in [1.29, 1.82) is 0 Å². The Morgan fingerprint density at radius 1 is 0.600 bits per heavy atom. The molecular weight excluding hydrogens is 184 g/mol. The normalized spacial score (nSPS) is 44.3. The van der Waals surface area contributed by atoms with Crippen LogP contribution < -0.4 is 0 Å². The molecule has 6 aliphatic rings. The van der Waals surface area contributed by atoms with Crippen molar-refractivity contribution in [2.45, 2.75) is 63.5 Å². The average Bonchev–Trinajstić information content (AvgIpc) is 2.40. The smallest absolute Gasteiger partial charge is 0.0898 e. The van der Waals surface area contributed by atoms with Gasteiger partial charge in [-0.2, -0.15) is 0 Å². The van der Waals surface area contributed by atoms with E-state index in [1.807, 2.05) is 0 Å². The molecular formula is C13H20N2. The zero-order valence-corrected chi connectivity index (χ0v) is 9.36. The van der Waals surface area contributed by atoms with Crippen LogP contribution in [0.25, 0.3) is 0 Å². The van der Waals surface area contributed by atoms with Crippen molar-refractivity contribution in [2.24, 2.45) is 21.8 Å². The Morgan fingerprint density at radius 3 is 1.40 bits per heavy atom. The summed E-state index contributed by atoms with van der Waals surface area (Å²) in [6, 6.07) is 4.07. The molecule has 2 nitrogen and oxygen atoms in total. The van der Waals surface area contributed by atoms with Gasteiger partial charge in [0.2, 0.25) is 0 Å². The highest BCUT2D eigenvalue weighted by atomic mass is 14.9. The van der Waals surface area contributed by atoms with Crippen molar-refractivity contribution in [3.63, 3.8) is 0 Å². The summed E-state index contributed by atoms with van der Waals surface area (Å²) in [5, 5.41) is 0. The van der Waals surface area contributed by atoms with E-state index < -0.39 is 0 Å². The average molecular weight is 204 g/mol. The SMILES string of the molecule is C1=NC2CCC(CC2)C2CCC(CC2)N=1. The molecule has 2 aliphatic carbocycles. The van der Waals surface area contributed by atoms with Crippen LogP contribution in [0.3, 0.4) is 0 Å². The molecule has 4 bridgehead atoms.